The van der Waals surface area contributed by atoms with E-state index in [9.17, 15) is 4.79 Å². The van der Waals surface area contributed by atoms with Crippen LogP contribution in [-0.2, 0) is 6.54 Å². The molecule has 0 saturated carbocycles. The number of fused-ring (bicyclic) bond motifs is 1. The van der Waals surface area contributed by atoms with Crippen molar-refractivity contribution in [2.75, 3.05) is 18.9 Å². The van der Waals surface area contributed by atoms with Crippen molar-refractivity contribution >= 4 is 11.6 Å². The molecule has 0 fully saturated rings. The van der Waals surface area contributed by atoms with E-state index in [1.54, 1.807) is 11.0 Å². The van der Waals surface area contributed by atoms with Crippen molar-refractivity contribution in [3.05, 3.63) is 59.2 Å². The van der Waals surface area contributed by atoms with Gasteiger partial charge in [-0.05, 0) is 30.7 Å². The Kier molecular flexibility index (Phi) is 3.52. The van der Waals surface area contributed by atoms with Crippen LogP contribution in [0.25, 0.3) is 0 Å². The van der Waals surface area contributed by atoms with Crippen LogP contribution < -0.4 is 10.5 Å². The van der Waals surface area contributed by atoms with E-state index in [-0.39, 0.29) is 5.91 Å². The van der Waals surface area contributed by atoms with Gasteiger partial charge >= 0.3 is 0 Å². The van der Waals surface area contributed by atoms with E-state index in [1.165, 1.54) is 0 Å². The number of benzene rings is 2. The van der Waals surface area contributed by atoms with E-state index in [0.29, 0.717) is 30.9 Å². The summed E-state index contributed by atoms with van der Waals surface area (Å²) in [6.07, 6.45) is 0. The molecule has 1 aliphatic rings. The monoisotopic (exact) mass is 282 g/mol. The first-order valence-electron chi connectivity index (χ1n) is 7.01. The van der Waals surface area contributed by atoms with Crippen molar-refractivity contribution in [3.8, 4) is 5.75 Å². The maximum atomic E-state index is 12.7. The molecule has 1 amide bonds. The Morgan fingerprint density at radius 2 is 2.05 bits per heavy atom. The predicted molar refractivity (Wildman–Crippen MR) is 82.3 cm³/mol. The van der Waals surface area contributed by atoms with E-state index >= 15 is 0 Å². The Morgan fingerprint density at radius 3 is 2.86 bits per heavy atom. The molecular formula is C17H18N2O2. The number of anilines is 1. The number of aryl methyl sites for hydroxylation is 1. The number of hydrogen-bond acceptors (Lipinski definition) is 3. The van der Waals surface area contributed by atoms with Crippen LogP contribution >= 0.6 is 0 Å². The molecule has 4 heteroatoms. The molecule has 0 aromatic heterocycles. The quantitative estimate of drug-likeness (QED) is 0.818. The summed E-state index contributed by atoms with van der Waals surface area (Å²) in [5.74, 6) is 0.803. The van der Waals surface area contributed by atoms with Gasteiger partial charge in [0.1, 0.15) is 12.4 Å². The molecule has 2 N–H and O–H groups in total. The number of carbonyl (C=O) groups is 1. The molecule has 108 valence electrons. The van der Waals surface area contributed by atoms with Crippen LogP contribution in [0.3, 0.4) is 0 Å². The zero-order valence-electron chi connectivity index (χ0n) is 12.0. The molecule has 21 heavy (non-hydrogen) atoms. The Bertz CT molecular complexity index is 682. The van der Waals surface area contributed by atoms with Gasteiger partial charge in [0.2, 0.25) is 0 Å². The number of para-hydroxylation sites is 1. The highest BCUT2D eigenvalue weighted by atomic mass is 16.5. The lowest BCUT2D eigenvalue weighted by molar-refractivity contribution is 0.0734. The standard InChI is InChI=1S/C17H18N2O2/c1-12-6-7-14(15(18)10-12)17(20)19-8-9-21-16-5-3-2-4-13(16)11-19/h2-7,10H,8-9,11,18H2,1H3. The molecule has 4 nitrogen and oxygen atoms in total. The summed E-state index contributed by atoms with van der Waals surface area (Å²) in [4.78, 5) is 14.5. The van der Waals surface area contributed by atoms with Gasteiger partial charge in [0.15, 0.2) is 0 Å². The fraction of sp³-hybridized carbons (Fsp3) is 0.235. The van der Waals surface area contributed by atoms with Gasteiger partial charge in [-0.15, -0.1) is 0 Å². The first kappa shape index (κ1) is 13.5. The lowest BCUT2D eigenvalue weighted by atomic mass is 10.1. The van der Waals surface area contributed by atoms with Crippen molar-refractivity contribution in [2.24, 2.45) is 0 Å². The van der Waals surface area contributed by atoms with Gasteiger partial charge in [-0.1, -0.05) is 24.3 Å². The molecule has 3 rings (SSSR count). The largest absolute Gasteiger partial charge is 0.491 e. The highest BCUT2D eigenvalue weighted by Crippen LogP contribution is 2.24. The molecule has 0 atom stereocenters. The van der Waals surface area contributed by atoms with Crippen molar-refractivity contribution in [3.63, 3.8) is 0 Å². The Balaban J connectivity index is 1.88. The van der Waals surface area contributed by atoms with Crippen LogP contribution in [0, 0.1) is 6.92 Å². The van der Waals surface area contributed by atoms with Crippen LogP contribution in [0.15, 0.2) is 42.5 Å². The van der Waals surface area contributed by atoms with Crippen molar-refractivity contribution < 1.29 is 9.53 Å². The zero-order chi connectivity index (χ0) is 14.8. The lowest BCUT2D eigenvalue weighted by Gasteiger charge is -2.20. The van der Waals surface area contributed by atoms with Gasteiger partial charge in [0.25, 0.3) is 5.91 Å². The minimum absolute atomic E-state index is 0.0483. The van der Waals surface area contributed by atoms with Gasteiger partial charge < -0.3 is 15.4 Å². The second kappa shape index (κ2) is 5.48. The molecular weight excluding hydrogens is 264 g/mol. The molecule has 1 heterocycles. The summed E-state index contributed by atoms with van der Waals surface area (Å²) in [6, 6.07) is 13.3. The predicted octanol–water partition coefficient (Wildman–Crippen LogP) is 2.61. The zero-order valence-corrected chi connectivity index (χ0v) is 12.0. The average molecular weight is 282 g/mol. The van der Waals surface area contributed by atoms with E-state index in [4.69, 9.17) is 10.5 Å². The molecule has 1 aliphatic heterocycles. The first-order chi connectivity index (χ1) is 10.1. The SMILES string of the molecule is Cc1ccc(C(=O)N2CCOc3ccccc3C2)c(N)c1. The number of nitrogen functional groups attached to an aromatic ring is 1. The van der Waals surface area contributed by atoms with E-state index in [0.717, 1.165) is 16.9 Å². The van der Waals surface area contributed by atoms with E-state index in [1.807, 2.05) is 43.3 Å². The summed E-state index contributed by atoms with van der Waals surface area (Å²) in [6.45, 7) is 3.55. The first-order valence-corrected chi connectivity index (χ1v) is 7.01. The summed E-state index contributed by atoms with van der Waals surface area (Å²) in [7, 11) is 0. The van der Waals surface area contributed by atoms with Crippen LogP contribution in [0.5, 0.6) is 5.75 Å². The number of rotatable bonds is 1. The summed E-state index contributed by atoms with van der Waals surface area (Å²) >= 11 is 0. The van der Waals surface area contributed by atoms with Gasteiger partial charge in [0, 0.05) is 17.8 Å². The summed E-state index contributed by atoms with van der Waals surface area (Å²) < 4.78 is 5.69. The highest BCUT2D eigenvalue weighted by Gasteiger charge is 2.22. The van der Waals surface area contributed by atoms with Crippen LogP contribution in [0.1, 0.15) is 21.5 Å². The van der Waals surface area contributed by atoms with Crippen LogP contribution in [-0.4, -0.2) is 24.0 Å². The highest BCUT2D eigenvalue weighted by molar-refractivity contribution is 5.99. The van der Waals surface area contributed by atoms with E-state index < -0.39 is 0 Å². The Hall–Kier alpha value is -2.49. The average Bonchev–Trinajstić information content (AvgIpc) is 2.68. The van der Waals surface area contributed by atoms with Gasteiger partial charge in [-0.2, -0.15) is 0 Å². The van der Waals surface area contributed by atoms with Crippen molar-refractivity contribution in [2.45, 2.75) is 13.5 Å². The number of amides is 1. The second-order valence-electron chi connectivity index (χ2n) is 5.27. The number of nitrogens with two attached hydrogens (primary N) is 1. The number of nitrogens with zero attached hydrogens (tertiary/aromatic N) is 1. The minimum Gasteiger partial charge on any atom is -0.491 e. The third-order valence-electron chi connectivity index (χ3n) is 3.68. The van der Waals surface area contributed by atoms with Gasteiger partial charge in [0.05, 0.1) is 12.1 Å². The van der Waals surface area contributed by atoms with Gasteiger partial charge in [-0.25, -0.2) is 0 Å². The summed E-state index contributed by atoms with van der Waals surface area (Å²) in [5, 5.41) is 0. The van der Waals surface area contributed by atoms with E-state index in [2.05, 4.69) is 0 Å². The number of carbonyl (C=O) groups excluding carboxylic acids is 1. The molecule has 0 radical (unpaired) electrons. The fourth-order valence-corrected chi connectivity index (χ4v) is 2.55. The molecule has 0 aliphatic carbocycles. The lowest BCUT2D eigenvalue weighted by Crippen LogP contribution is -2.33. The number of hydrogen-bond donors (Lipinski definition) is 1. The maximum absolute atomic E-state index is 12.7. The molecule has 2 aromatic carbocycles. The molecule has 0 saturated heterocycles. The normalized spacial score (nSPS) is 14.0. The van der Waals surface area contributed by atoms with Crippen LogP contribution in [0.4, 0.5) is 5.69 Å². The smallest absolute Gasteiger partial charge is 0.256 e. The molecule has 0 spiro atoms. The minimum atomic E-state index is -0.0483. The second-order valence-corrected chi connectivity index (χ2v) is 5.27. The third kappa shape index (κ3) is 2.70. The Morgan fingerprint density at radius 1 is 1.24 bits per heavy atom. The summed E-state index contributed by atoms with van der Waals surface area (Å²) in [5.41, 5.74) is 9.14. The molecule has 0 bridgehead atoms. The van der Waals surface area contributed by atoms with Crippen LogP contribution in [0.2, 0.25) is 0 Å². The Labute approximate surface area is 124 Å². The van der Waals surface area contributed by atoms with Crippen molar-refractivity contribution in [1.82, 2.24) is 4.90 Å². The molecule has 2 aromatic rings. The maximum Gasteiger partial charge on any atom is 0.256 e. The topological polar surface area (TPSA) is 55.6 Å². The third-order valence-corrected chi connectivity index (χ3v) is 3.68. The fourth-order valence-electron chi connectivity index (χ4n) is 2.55. The van der Waals surface area contributed by atoms with Crippen molar-refractivity contribution in [1.29, 1.82) is 0 Å². The van der Waals surface area contributed by atoms with Gasteiger partial charge in [-0.3, -0.25) is 4.79 Å². The number of ether oxygens (including phenoxy) is 1. The molecule has 0 unspecified atom stereocenters.